The molecule has 2 saturated heterocycles. The average Bonchev–Trinajstić information content (AvgIpc) is 3.20. The molecular weight excluding hydrogens is 457 g/mol. The highest BCUT2D eigenvalue weighted by atomic mass is 127. The molecule has 0 bridgehead atoms. The van der Waals surface area contributed by atoms with E-state index in [0.29, 0.717) is 18.8 Å². The molecule has 0 radical (unpaired) electrons. The number of nitrogens with one attached hydrogen (secondary N) is 1. The van der Waals surface area contributed by atoms with Gasteiger partial charge in [0.1, 0.15) is 0 Å². The fourth-order valence-corrected chi connectivity index (χ4v) is 3.83. The van der Waals surface area contributed by atoms with Crippen LogP contribution in [0.15, 0.2) is 27.8 Å². The van der Waals surface area contributed by atoms with E-state index in [-0.39, 0.29) is 29.9 Å². The summed E-state index contributed by atoms with van der Waals surface area (Å²) in [5, 5.41) is 3.49. The molecule has 2 aliphatic heterocycles. The first-order chi connectivity index (χ1) is 12.7. The SMILES string of the molecule is CN=C(NCCN1CCCC(C)C1)N1CCN(C(=O)c2ccco2)CC1.I. The Bertz CT molecular complexity index is 599. The van der Waals surface area contributed by atoms with E-state index in [1.54, 1.807) is 18.4 Å². The van der Waals surface area contributed by atoms with Crippen LogP contribution in [0, 0.1) is 5.92 Å². The van der Waals surface area contributed by atoms with Gasteiger partial charge in [0.2, 0.25) is 0 Å². The van der Waals surface area contributed by atoms with Gasteiger partial charge in [0, 0.05) is 52.9 Å². The van der Waals surface area contributed by atoms with Crippen LogP contribution in [-0.2, 0) is 0 Å². The van der Waals surface area contributed by atoms with Crippen LogP contribution in [0.1, 0.15) is 30.3 Å². The van der Waals surface area contributed by atoms with Gasteiger partial charge in [-0.15, -0.1) is 24.0 Å². The van der Waals surface area contributed by atoms with Gasteiger partial charge in [0.15, 0.2) is 11.7 Å². The summed E-state index contributed by atoms with van der Waals surface area (Å²) in [6, 6.07) is 3.47. The molecule has 3 rings (SSSR count). The number of hydrogen-bond acceptors (Lipinski definition) is 4. The summed E-state index contributed by atoms with van der Waals surface area (Å²) in [5.74, 6) is 2.12. The first kappa shape index (κ1) is 22.0. The topological polar surface area (TPSA) is 64.3 Å². The zero-order valence-electron chi connectivity index (χ0n) is 16.4. The van der Waals surface area contributed by atoms with E-state index in [1.165, 1.54) is 25.9 Å². The third-order valence-electron chi connectivity index (χ3n) is 5.26. The number of aliphatic imine (C=N–C) groups is 1. The second-order valence-corrected chi connectivity index (χ2v) is 7.28. The zero-order valence-corrected chi connectivity index (χ0v) is 18.7. The van der Waals surface area contributed by atoms with Crippen LogP contribution in [0.2, 0.25) is 0 Å². The summed E-state index contributed by atoms with van der Waals surface area (Å²) in [6.45, 7) is 9.65. The Hall–Kier alpha value is -1.29. The Labute approximate surface area is 179 Å². The van der Waals surface area contributed by atoms with E-state index >= 15 is 0 Å². The molecule has 1 unspecified atom stereocenters. The summed E-state index contributed by atoms with van der Waals surface area (Å²) in [6.07, 6.45) is 4.20. The van der Waals surface area contributed by atoms with E-state index < -0.39 is 0 Å². The van der Waals surface area contributed by atoms with Gasteiger partial charge in [-0.2, -0.15) is 0 Å². The third kappa shape index (κ3) is 6.10. The summed E-state index contributed by atoms with van der Waals surface area (Å²) >= 11 is 0. The molecule has 1 N–H and O–H groups in total. The highest BCUT2D eigenvalue weighted by Crippen LogP contribution is 2.14. The molecule has 3 heterocycles. The quantitative estimate of drug-likeness (QED) is 0.398. The first-order valence-corrected chi connectivity index (χ1v) is 9.68. The Morgan fingerprint density at radius 3 is 2.63 bits per heavy atom. The fourth-order valence-electron chi connectivity index (χ4n) is 3.83. The number of rotatable bonds is 4. The van der Waals surface area contributed by atoms with Crippen molar-refractivity contribution in [2.75, 3.05) is 59.4 Å². The number of piperazine rings is 1. The molecule has 27 heavy (non-hydrogen) atoms. The predicted octanol–water partition coefficient (Wildman–Crippen LogP) is 1.96. The second kappa shape index (κ2) is 10.9. The number of nitrogens with zero attached hydrogens (tertiary/aromatic N) is 4. The number of hydrogen-bond donors (Lipinski definition) is 1. The number of furan rings is 1. The monoisotopic (exact) mass is 489 g/mol. The number of carbonyl (C=O) groups excluding carboxylic acids is 1. The molecule has 1 aromatic heterocycles. The number of piperidine rings is 1. The predicted molar refractivity (Wildman–Crippen MR) is 118 cm³/mol. The maximum absolute atomic E-state index is 12.3. The van der Waals surface area contributed by atoms with Crippen molar-refractivity contribution in [1.82, 2.24) is 20.0 Å². The standard InChI is InChI=1S/C19H31N5O2.HI/c1-16-5-3-8-22(15-16)9-7-21-19(20-2)24-12-10-23(11-13-24)18(25)17-6-4-14-26-17;/h4,6,14,16H,3,5,7-13,15H2,1-2H3,(H,20,21);1H. The van der Waals surface area contributed by atoms with Crippen molar-refractivity contribution >= 4 is 35.8 Å². The minimum atomic E-state index is -0.0307. The maximum atomic E-state index is 12.3. The van der Waals surface area contributed by atoms with E-state index in [0.717, 1.165) is 38.1 Å². The molecule has 0 spiro atoms. The molecule has 1 amide bonds. The van der Waals surface area contributed by atoms with E-state index in [2.05, 4.69) is 27.0 Å². The van der Waals surface area contributed by atoms with Crippen LogP contribution in [-0.4, -0.2) is 86.0 Å². The van der Waals surface area contributed by atoms with Gasteiger partial charge in [0.05, 0.1) is 6.26 Å². The molecular formula is C19H32IN5O2. The van der Waals surface area contributed by atoms with Crippen LogP contribution in [0.5, 0.6) is 0 Å². The second-order valence-electron chi connectivity index (χ2n) is 7.28. The molecule has 7 nitrogen and oxygen atoms in total. The number of guanidine groups is 1. The van der Waals surface area contributed by atoms with Crippen molar-refractivity contribution in [3.8, 4) is 0 Å². The highest BCUT2D eigenvalue weighted by Gasteiger charge is 2.25. The largest absolute Gasteiger partial charge is 0.459 e. The lowest BCUT2D eigenvalue weighted by atomic mass is 10.0. The van der Waals surface area contributed by atoms with Crippen molar-refractivity contribution in [2.24, 2.45) is 10.9 Å². The van der Waals surface area contributed by atoms with Crippen LogP contribution in [0.3, 0.4) is 0 Å². The lowest BCUT2D eigenvalue weighted by Gasteiger charge is -2.36. The minimum Gasteiger partial charge on any atom is -0.459 e. The number of amides is 1. The van der Waals surface area contributed by atoms with Crippen molar-refractivity contribution in [2.45, 2.75) is 19.8 Å². The third-order valence-corrected chi connectivity index (χ3v) is 5.26. The minimum absolute atomic E-state index is 0. The Morgan fingerprint density at radius 1 is 1.26 bits per heavy atom. The Kier molecular flexibility index (Phi) is 8.88. The van der Waals surface area contributed by atoms with Crippen LogP contribution in [0.25, 0.3) is 0 Å². The zero-order chi connectivity index (χ0) is 18.4. The van der Waals surface area contributed by atoms with Gasteiger partial charge in [0.25, 0.3) is 5.91 Å². The van der Waals surface area contributed by atoms with Crippen molar-refractivity contribution in [3.05, 3.63) is 24.2 Å². The van der Waals surface area contributed by atoms with E-state index in [4.69, 9.17) is 4.42 Å². The summed E-state index contributed by atoms with van der Waals surface area (Å²) in [4.78, 5) is 23.4. The van der Waals surface area contributed by atoms with Gasteiger partial charge < -0.3 is 24.4 Å². The molecule has 0 saturated carbocycles. The van der Waals surface area contributed by atoms with Crippen molar-refractivity contribution in [1.29, 1.82) is 0 Å². The summed E-state index contributed by atoms with van der Waals surface area (Å²) in [7, 11) is 1.83. The lowest BCUT2D eigenvalue weighted by molar-refractivity contribution is 0.0657. The van der Waals surface area contributed by atoms with E-state index in [9.17, 15) is 4.79 Å². The van der Waals surface area contributed by atoms with Gasteiger partial charge in [-0.25, -0.2) is 0 Å². The normalized spacial score (nSPS) is 21.7. The smallest absolute Gasteiger partial charge is 0.289 e. The molecule has 0 aromatic carbocycles. The van der Waals surface area contributed by atoms with E-state index in [1.807, 2.05) is 11.9 Å². The summed E-state index contributed by atoms with van der Waals surface area (Å²) < 4.78 is 5.22. The molecule has 2 aliphatic rings. The fraction of sp³-hybridized carbons (Fsp3) is 0.684. The summed E-state index contributed by atoms with van der Waals surface area (Å²) in [5.41, 5.74) is 0. The van der Waals surface area contributed by atoms with Crippen LogP contribution >= 0.6 is 24.0 Å². The molecule has 2 fully saturated rings. The molecule has 152 valence electrons. The van der Waals surface area contributed by atoms with Gasteiger partial charge >= 0.3 is 0 Å². The van der Waals surface area contributed by atoms with Crippen LogP contribution < -0.4 is 5.32 Å². The molecule has 1 aromatic rings. The lowest BCUT2D eigenvalue weighted by Crippen LogP contribution is -2.54. The highest BCUT2D eigenvalue weighted by molar-refractivity contribution is 14.0. The van der Waals surface area contributed by atoms with Gasteiger partial charge in [-0.1, -0.05) is 6.92 Å². The molecule has 8 heteroatoms. The molecule has 0 aliphatic carbocycles. The first-order valence-electron chi connectivity index (χ1n) is 9.68. The Morgan fingerprint density at radius 2 is 2.00 bits per heavy atom. The number of carbonyl (C=O) groups is 1. The van der Waals surface area contributed by atoms with Crippen molar-refractivity contribution < 1.29 is 9.21 Å². The van der Waals surface area contributed by atoms with Crippen molar-refractivity contribution in [3.63, 3.8) is 0 Å². The number of halogens is 1. The average molecular weight is 489 g/mol. The van der Waals surface area contributed by atoms with Gasteiger partial charge in [-0.3, -0.25) is 9.79 Å². The maximum Gasteiger partial charge on any atom is 0.289 e. The molecule has 1 atom stereocenters. The van der Waals surface area contributed by atoms with Gasteiger partial charge in [-0.05, 0) is 37.4 Å². The number of likely N-dealkylation sites (tertiary alicyclic amines) is 1. The Balaban J connectivity index is 0.00000261. The van der Waals surface area contributed by atoms with Crippen LogP contribution in [0.4, 0.5) is 0 Å².